The number of nitrogens with one attached hydrogen (secondary N) is 1. The smallest absolute Gasteiger partial charge is 0.356 e. The van der Waals surface area contributed by atoms with E-state index in [2.05, 4.69) is 4.98 Å². The predicted octanol–water partition coefficient (Wildman–Crippen LogP) is 0.0629. The molecule has 0 aliphatic carbocycles. The molecule has 124 valence electrons. The van der Waals surface area contributed by atoms with Crippen LogP contribution in [0.3, 0.4) is 0 Å². The SMILES string of the molecule is Cc1cn(C2CC(OC(C)(C)P(=O)(O)O)CO2)c(=O)[nH]c1=O. The van der Waals surface area contributed by atoms with Gasteiger partial charge in [-0.1, -0.05) is 0 Å². The summed E-state index contributed by atoms with van der Waals surface area (Å²) in [5.41, 5.74) is -0.701. The van der Waals surface area contributed by atoms with Gasteiger partial charge >= 0.3 is 13.3 Å². The number of aromatic amines is 1. The zero-order valence-corrected chi connectivity index (χ0v) is 13.4. The van der Waals surface area contributed by atoms with Gasteiger partial charge in [-0.05, 0) is 20.8 Å². The molecule has 22 heavy (non-hydrogen) atoms. The number of H-pyrrole nitrogens is 1. The number of hydrogen-bond acceptors (Lipinski definition) is 5. The van der Waals surface area contributed by atoms with E-state index in [4.69, 9.17) is 9.47 Å². The van der Waals surface area contributed by atoms with Crippen LogP contribution in [0.25, 0.3) is 0 Å². The molecule has 1 aromatic rings. The third-order valence-corrected chi connectivity index (χ3v) is 5.06. The number of nitrogens with zero attached hydrogens (tertiary/aromatic N) is 1. The van der Waals surface area contributed by atoms with Gasteiger partial charge in [0.05, 0.1) is 12.7 Å². The Balaban J connectivity index is 2.14. The maximum absolute atomic E-state index is 11.8. The minimum Gasteiger partial charge on any atom is -0.357 e. The van der Waals surface area contributed by atoms with Crippen molar-refractivity contribution in [2.75, 3.05) is 6.61 Å². The Hall–Kier alpha value is -1.25. The van der Waals surface area contributed by atoms with Gasteiger partial charge in [-0.25, -0.2) is 4.79 Å². The summed E-state index contributed by atoms with van der Waals surface area (Å²) in [5.74, 6) is 0. The van der Waals surface area contributed by atoms with E-state index in [1.54, 1.807) is 6.92 Å². The quantitative estimate of drug-likeness (QED) is 0.664. The molecule has 2 unspecified atom stereocenters. The molecule has 9 nitrogen and oxygen atoms in total. The summed E-state index contributed by atoms with van der Waals surface area (Å²) in [4.78, 5) is 43.8. The van der Waals surface area contributed by atoms with Crippen LogP contribution in [0.15, 0.2) is 15.8 Å². The van der Waals surface area contributed by atoms with Gasteiger partial charge in [0.25, 0.3) is 5.56 Å². The first kappa shape index (κ1) is 17.1. The minimum absolute atomic E-state index is 0.0959. The topological polar surface area (TPSA) is 131 Å². The average Bonchev–Trinajstić information content (AvgIpc) is 2.80. The summed E-state index contributed by atoms with van der Waals surface area (Å²) in [6, 6.07) is 0. The highest BCUT2D eigenvalue weighted by atomic mass is 31.2. The van der Waals surface area contributed by atoms with Gasteiger partial charge in [-0.3, -0.25) is 18.9 Å². The van der Waals surface area contributed by atoms with Crippen LogP contribution in [-0.2, 0) is 14.0 Å². The van der Waals surface area contributed by atoms with Crippen molar-refractivity contribution in [3.8, 4) is 0 Å². The van der Waals surface area contributed by atoms with Crippen molar-refractivity contribution in [2.45, 2.75) is 44.9 Å². The first-order valence-corrected chi connectivity index (χ1v) is 8.29. The lowest BCUT2D eigenvalue weighted by atomic mass is 10.2. The van der Waals surface area contributed by atoms with E-state index < -0.39 is 36.5 Å². The number of aryl methyl sites for hydroxylation is 1. The molecule has 2 rings (SSSR count). The molecular weight excluding hydrogens is 315 g/mol. The van der Waals surface area contributed by atoms with Crippen LogP contribution in [0.4, 0.5) is 0 Å². The molecule has 3 N–H and O–H groups in total. The lowest BCUT2D eigenvalue weighted by molar-refractivity contribution is -0.0376. The van der Waals surface area contributed by atoms with E-state index in [9.17, 15) is 23.9 Å². The molecule has 0 spiro atoms. The molecule has 1 saturated heterocycles. The number of ether oxygens (including phenoxy) is 2. The predicted molar refractivity (Wildman–Crippen MR) is 76.7 cm³/mol. The Kier molecular flexibility index (Phi) is 4.47. The molecule has 1 aromatic heterocycles. The second-order valence-corrected chi connectivity index (χ2v) is 7.90. The van der Waals surface area contributed by atoms with Gasteiger partial charge in [-0.15, -0.1) is 0 Å². The molecule has 0 amide bonds. The van der Waals surface area contributed by atoms with Crippen molar-refractivity contribution in [3.63, 3.8) is 0 Å². The fourth-order valence-electron chi connectivity index (χ4n) is 2.13. The van der Waals surface area contributed by atoms with E-state index in [0.717, 1.165) is 0 Å². The molecule has 1 aliphatic heterocycles. The number of aromatic nitrogens is 2. The van der Waals surface area contributed by atoms with Crippen LogP contribution in [0.2, 0.25) is 0 Å². The van der Waals surface area contributed by atoms with Gasteiger partial charge in [0, 0.05) is 18.2 Å². The summed E-state index contributed by atoms with van der Waals surface area (Å²) in [6.07, 6.45) is 0.421. The van der Waals surface area contributed by atoms with Gasteiger partial charge in [0.2, 0.25) is 0 Å². The van der Waals surface area contributed by atoms with Crippen molar-refractivity contribution >= 4 is 7.60 Å². The Bertz CT molecular complexity index is 717. The van der Waals surface area contributed by atoms with E-state index in [1.165, 1.54) is 24.6 Å². The van der Waals surface area contributed by atoms with Crippen molar-refractivity contribution in [1.29, 1.82) is 0 Å². The van der Waals surface area contributed by atoms with Crippen LogP contribution in [-0.4, -0.2) is 37.4 Å². The van der Waals surface area contributed by atoms with Crippen LogP contribution in [0.1, 0.15) is 32.1 Å². The summed E-state index contributed by atoms with van der Waals surface area (Å²) < 4.78 is 23.5. The fraction of sp³-hybridized carbons (Fsp3) is 0.667. The van der Waals surface area contributed by atoms with E-state index in [1.807, 2.05) is 0 Å². The molecule has 0 radical (unpaired) electrons. The highest BCUT2D eigenvalue weighted by Crippen LogP contribution is 2.51. The zero-order chi connectivity index (χ0) is 16.7. The first-order chi connectivity index (χ1) is 10.0. The first-order valence-electron chi connectivity index (χ1n) is 6.68. The van der Waals surface area contributed by atoms with Crippen molar-refractivity contribution < 1.29 is 23.8 Å². The summed E-state index contributed by atoms with van der Waals surface area (Å²) >= 11 is 0. The van der Waals surface area contributed by atoms with Gasteiger partial charge in [0.15, 0.2) is 5.34 Å². The van der Waals surface area contributed by atoms with Crippen LogP contribution < -0.4 is 11.2 Å². The maximum Gasteiger partial charge on any atom is 0.356 e. The number of hydrogen-bond donors (Lipinski definition) is 3. The van der Waals surface area contributed by atoms with E-state index in [0.29, 0.717) is 5.56 Å². The molecule has 10 heteroatoms. The standard InChI is InChI=1S/C12H19N2O7P/c1-7-5-14(11(16)13-10(7)15)9-4-8(6-20-9)21-12(2,3)22(17,18)19/h5,8-9H,4,6H2,1-3H3,(H,13,15,16)(H2,17,18,19). The Morgan fingerprint density at radius 3 is 2.68 bits per heavy atom. The van der Waals surface area contributed by atoms with Crippen LogP contribution >= 0.6 is 7.60 Å². The molecule has 1 fully saturated rings. The maximum atomic E-state index is 11.8. The summed E-state index contributed by atoms with van der Waals surface area (Å²) in [6.45, 7) is 4.27. The van der Waals surface area contributed by atoms with Crippen molar-refractivity contribution in [1.82, 2.24) is 9.55 Å². The second-order valence-electron chi connectivity index (χ2n) is 5.73. The highest BCUT2D eigenvalue weighted by molar-refractivity contribution is 7.53. The Morgan fingerprint density at radius 1 is 1.45 bits per heavy atom. The summed E-state index contributed by atoms with van der Waals surface area (Å²) in [7, 11) is -4.43. The zero-order valence-electron chi connectivity index (χ0n) is 12.5. The third-order valence-electron chi connectivity index (χ3n) is 3.55. The Labute approximate surface area is 126 Å². The highest BCUT2D eigenvalue weighted by Gasteiger charge is 2.43. The molecule has 0 aromatic carbocycles. The molecule has 1 aliphatic rings. The third kappa shape index (κ3) is 3.39. The minimum atomic E-state index is -4.43. The Morgan fingerprint density at radius 2 is 2.09 bits per heavy atom. The molecule has 0 bridgehead atoms. The van der Waals surface area contributed by atoms with Crippen molar-refractivity contribution in [2.24, 2.45) is 0 Å². The van der Waals surface area contributed by atoms with Crippen molar-refractivity contribution in [3.05, 3.63) is 32.6 Å². The van der Waals surface area contributed by atoms with E-state index >= 15 is 0 Å². The monoisotopic (exact) mass is 334 g/mol. The normalized spacial score (nSPS) is 23.0. The molecule has 2 atom stereocenters. The lowest BCUT2D eigenvalue weighted by Gasteiger charge is -2.28. The summed E-state index contributed by atoms with van der Waals surface area (Å²) in [5, 5.41) is -1.64. The van der Waals surface area contributed by atoms with Gasteiger partial charge in [0.1, 0.15) is 6.23 Å². The van der Waals surface area contributed by atoms with Gasteiger partial charge in [-0.2, -0.15) is 0 Å². The van der Waals surface area contributed by atoms with E-state index in [-0.39, 0.29) is 13.0 Å². The van der Waals surface area contributed by atoms with Crippen LogP contribution in [0, 0.1) is 6.92 Å². The largest absolute Gasteiger partial charge is 0.357 e. The molecule has 0 saturated carbocycles. The van der Waals surface area contributed by atoms with Gasteiger partial charge < -0.3 is 19.3 Å². The molecule has 2 heterocycles. The fourth-order valence-corrected chi connectivity index (χ4v) is 2.42. The van der Waals surface area contributed by atoms with Crippen LogP contribution in [0.5, 0.6) is 0 Å². The lowest BCUT2D eigenvalue weighted by Crippen LogP contribution is -2.34. The average molecular weight is 334 g/mol. The molecular formula is C12H19N2O7P. The second kappa shape index (κ2) is 5.75. The number of rotatable bonds is 4.